The van der Waals surface area contributed by atoms with E-state index >= 15 is 0 Å². The van der Waals surface area contributed by atoms with Gasteiger partial charge in [0.25, 0.3) is 0 Å². The molecule has 10 aromatic rings. The standard InChI is InChI=1S/C65H47N/c1-63(2)55-27-12-7-20-45(55)50-34-32-41(38-60(50)63)66(42-33-35-51-46-21-8-13-28-56(46)64(3,4)61(51)39-42)43-36-40-18-5-6-19-44(40)54(37-43)53-26-17-25-52-49-24-11-16-31-59(49)65(62(52)53)57-29-14-9-22-47(57)48-23-10-15-30-58(48)65/h5-39H,1-4H3. The number of rotatable bonds is 4. The van der Waals surface area contributed by atoms with Crippen LogP contribution < -0.4 is 4.90 Å². The van der Waals surface area contributed by atoms with E-state index in [1.807, 2.05) is 0 Å². The van der Waals surface area contributed by atoms with Crippen LogP contribution in [0.15, 0.2) is 212 Å². The zero-order valence-corrected chi connectivity index (χ0v) is 37.7. The Morgan fingerprint density at radius 3 is 1.17 bits per heavy atom. The first-order chi connectivity index (χ1) is 32.3. The molecule has 0 radical (unpaired) electrons. The smallest absolute Gasteiger partial charge is 0.0731 e. The maximum Gasteiger partial charge on any atom is 0.0731 e. The summed E-state index contributed by atoms with van der Waals surface area (Å²) in [5.41, 5.74) is 26.7. The molecule has 0 saturated carbocycles. The molecule has 66 heavy (non-hydrogen) atoms. The minimum Gasteiger partial charge on any atom is -0.310 e. The molecule has 0 aliphatic heterocycles. The van der Waals surface area contributed by atoms with Gasteiger partial charge in [-0.2, -0.15) is 0 Å². The van der Waals surface area contributed by atoms with Gasteiger partial charge in [-0.05, 0) is 147 Å². The summed E-state index contributed by atoms with van der Waals surface area (Å²) in [7, 11) is 0. The number of fused-ring (bicyclic) bond motifs is 17. The van der Waals surface area contributed by atoms with Crippen LogP contribution in [0.1, 0.15) is 72.2 Å². The topological polar surface area (TPSA) is 3.24 Å². The van der Waals surface area contributed by atoms with Crippen molar-refractivity contribution in [1.82, 2.24) is 0 Å². The molecular formula is C65H47N. The van der Waals surface area contributed by atoms with Crippen LogP contribution in [0.3, 0.4) is 0 Å². The Hall–Kier alpha value is -7.74. The number of anilines is 3. The zero-order chi connectivity index (χ0) is 44.1. The second-order valence-corrected chi connectivity index (χ2v) is 20.0. The van der Waals surface area contributed by atoms with E-state index in [1.165, 1.54) is 111 Å². The van der Waals surface area contributed by atoms with Crippen LogP contribution in [-0.2, 0) is 16.2 Å². The summed E-state index contributed by atoms with van der Waals surface area (Å²) in [5, 5.41) is 2.46. The summed E-state index contributed by atoms with van der Waals surface area (Å²) in [6.07, 6.45) is 0. The predicted octanol–water partition coefficient (Wildman–Crippen LogP) is 16.9. The van der Waals surface area contributed by atoms with Gasteiger partial charge in [0, 0.05) is 27.9 Å². The van der Waals surface area contributed by atoms with E-state index in [1.54, 1.807) is 0 Å². The normalized spacial score (nSPS) is 15.3. The first kappa shape index (κ1) is 37.6. The van der Waals surface area contributed by atoms with Crippen LogP contribution in [0.2, 0.25) is 0 Å². The van der Waals surface area contributed by atoms with Gasteiger partial charge in [-0.1, -0.05) is 204 Å². The second-order valence-electron chi connectivity index (χ2n) is 20.0. The fraction of sp³-hybridized carbons (Fsp3) is 0.108. The summed E-state index contributed by atoms with van der Waals surface area (Å²) in [4.78, 5) is 2.54. The molecule has 1 spiro atoms. The van der Waals surface area contributed by atoms with E-state index in [0.29, 0.717) is 0 Å². The summed E-state index contributed by atoms with van der Waals surface area (Å²) >= 11 is 0. The third-order valence-electron chi connectivity index (χ3n) is 16.1. The molecule has 0 heterocycles. The zero-order valence-electron chi connectivity index (χ0n) is 37.7. The van der Waals surface area contributed by atoms with Gasteiger partial charge >= 0.3 is 0 Å². The van der Waals surface area contributed by atoms with Gasteiger partial charge in [-0.15, -0.1) is 0 Å². The van der Waals surface area contributed by atoms with Crippen molar-refractivity contribution in [2.24, 2.45) is 0 Å². The molecular weight excluding hydrogens is 795 g/mol. The number of benzene rings is 10. The molecule has 1 nitrogen and oxygen atoms in total. The molecule has 0 fully saturated rings. The molecule has 0 amide bonds. The average molecular weight is 842 g/mol. The molecule has 312 valence electrons. The third kappa shape index (κ3) is 4.75. The minimum absolute atomic E-state index is 0.147. The molecule has 10 aromatic carbocycles. The van der Waals surface area contributed by atoms with Gasteiger partial charge in [-0.3, -0.25) is 0 Å². The Kier molecular flexibility index (Phi) is 7.51. The Balaban J connectivity index is 1.05. The number of nitrogens with zero attached hydrogens (tertiary/aromatic N) is 1. The summed E-state index contributed by atoms with van der Waals surface area (Å²) < 4.78 is 0. The van der Waals surface area contributed by atoms with Gasteiger partial charge in [-0.25, -0.2) is 0 Å². The lowest BCUT2D eigenvalue weighted by Gasteiger charge is -2.33. The van der Waals surface area contributed by atoms with Crippen molar-refractivity contribution in [3.05, 3.63) is 257 Å². The monoisotopic (exact) mass is 841 g/mol. The first-order valence-corrected chi connectivity index (χ1v) is 23.5. The molecule has 4 aliphatic rings. The van der Waals surface area contributed by atoms with Crippen LogP contribution in [0.4, 0.5) is 17.1 Å². The fourth-order valence-corrected chi connectivity index (χ4v) is 13.1. The third-order valence-corrected chi connectivity index (χ3v) is 16.1. The van der Waals surface area contributed by atoms with Crippen molar-refractivity contribution >= 4 is 27.8 Å². The lowest BCUT2D eigenvalue weighted by Crippen LogP contribution is -2.26. The molecule has 0 atom stereocenters. The van der Waals surface area contributed by atoms with Crippen LogP contribution in [0.5, 0.6) is 0 Å². The van der Waals surface area contributed by atoms with E-state index in [4.69, 9.17) is 0 Å². The van der Waals surface area contributed by atoms with Crippen molar-refractivity contribution in [2.75, 3.05) is 4.90 Å². The van der Waals surface area contributed by atoms with Gasteiger partial charge in [0.2, 0.25) is 0 Å². The maximum atomic E-state index is 2.54. The lowest BCUT2D eigenvalue weighted by atomic mass is 9.68. The number of hydrogen-bond donors (Lipinski definition) is 0. The van der Waals surface area contributed by atoms with E-state index in [9.17, 15) is 0 Å². The van der Waals surface area contributed by atoms with Gasteiger partial charge in [0.05, 0.1) is 5.41 Å². The second kappa shape index (κ2) is 13.2. The molecule has 0 N–H and O–H groups in total. The highest BCUT2D eigenvalue weighted by Gasteiger charge is 2.52. The van der Waals surface area contributed by atoms with Crippen molar-refractivity contribution in [3.8, 4) is 55.6 Å². The largest absolute Gasteiger partial charge is 0.310 e. The molecule has 14 rings (SSSR count). The predicted molar refractivity (Wildman–Crippen MR) is 275 cm³/mol. The van der Waals surface area contributed by atoms with Gasteiger partial charge < -0.3 is 4.90 Å². The molecule has 0 saturated heterocycles. The molecule has 0 aromatic heterocycles. The Labute approximate surface area is 387 Å². The Morgan fingerprint density at radius 1 is 0.273 bits per heavy atom. The maximum absolute atomic E-state index is 2.54. The molecule has 4 aliphatic carbocycles. The SMILES string of the molecule is CC1(C)c2ccccc2-c2ccc(N(c3ccc4c(c3)C(C)(C)c3ccccc3-4)c3cc(-c4cccc5c4C4(c6ccccc6-c6ccccc64)c4ccccc4-5)c4ccccc4c3)cc21. The summed E-state index contributed by atoms with van der Waals surface area (Å²) in [6.45, 7) is 9.55. The van der Waals surface area contributed by atoms with E-state index < -0.39 is 5.41 Å². The first-order valence-electron chi connectivity index (χ1n) is 23.5. The van der Waals surface area contributed by atoms with Crippen molar-refractivity contribution in [1.29, 1.82) is 0 Å². The molecule has 0 unspecified atom stereocenters. The highest BCUT2D eigenvalue weighted by atomic mass is 15.1. The quantitative estimate of drug-likeness (QED) is 0.171. The summed E-state index contributed by atoms with van der Waals surface area (Å²) in [6, 6.07) is 80.8. The van der Waals surface area contributed by atoms with Crippen LogP contribution >= 0.6 is 0 Å². The lowest BCUT2D eigenvalue weighted by molar-refractivity contribution is 0.660. The van der Waals surface area contributed by atoms with Gasteiger partial charge in [0.15, 0.2) is 0 Å². The van der Waals surface area contributed by atoms with Gasteiger partial charge in [0.1, 0.15) is 0 Å². The molecule has 1 heteroatoms. The Bertz CT molecular complexity index is 3560. The fourth-order valence-electron chi connectivity index (χ4n) is 13.1. The highest BCUT2D eigenvalue weighted by Crippen LogP contribution is 2.65. The average Bonchev–Trinajstić information content (AvgIpc) is 3.99. The van der Waals surface area contributed by atoms with Crippen LogP contribution in [0, 0.1) is 0 Å². The van der Waals surface area contributed by atoms with Crippen molar-refractivity contribution in [3.63, 3.8) is 0 Å². The van der Waals surface area contributed by atoms with E-state index in [-0.39, 0.29) is 10.8 Å². The van der Waals surface area contributed by atoms with E-state index in [0.717, 1.165) is 17.1 Å². The van der Waals surface area contributed by atoms with Crippen LogP contribution in [0.25, 0.3) is 66.4 Å². The van der Waals surface area contributed by atoms with Crippen LogP contribution in [-0.4, -0.2) is 0 Å². The summed E-state index contributed by atoms with van der Waals surface area (Å²) in [5.74, 6) is 0. The Morgan fingerprint density at radius 2 is 0.652 bits per heavy atom. The van der Waals surface area contributed by atoms with Crippen molar-refractivity contribution < 1.29 is 0 Å². The number of hydrogen-bond acceptors (Lipinski definition) is 1. The van der Waals surface area contributed by atoms with Crippen molar-refractivity contribution in [2.45, 2.75) is 43.9 Å². The highest BCUT2D eigenvalue weighted by molar-refractivity contribution is 6.06. The molecule has 0 bridgehead atoms. The minimum atomic E-state index is -0.479. The van der Waals surface area contributed by atoms with E-state index in [2.05, 4.69) is 245 Å².